The number of nitrogens with zero attached hydrogens (tertiary/aromatic N) is 2. The summed E-state index contributed by atoms with van der Waals surface area (Å²) >= 11 is 5.71. The summed E-state index contributed by atoms with van der Waals surface area (Å²) in [6.07, 6.45) is 1.64. The van der Waals surface area contributed by atoms with Crippen LogP contribution < -0.4 is 15.4 Å². The smallest absolute Gasteiger partial charge is 0.241 e. The van der Waals surface area contributed by atoms with Crippen LogP contribution in [0.2, 0.25) is 0 Å². The second kappa shape index (κ2) is 9.46. The minimum Gasteiger partial charge on any atom is -0.495 e. The van der Waals surface area contributed by atoms with Crippen LogP contribution in [-0.4, -0.2) is 52.7 Å². The Morgan fingerprint density at radius 2 is 1.81 bits per heavy atom. The Bertz CT molecular complexity index is 957. The first kappa shape index (κ1) is 22.6. The second-order valence-electron chi connectivity index (χ2n) is 8.93. The molecule has 1 unspecified atom stereocenters. The monoisotopic (exact) mass is 452 g/mol. The summed E-state index contributed by atoms with van der Waals surface area (Å²) in [7, 11) is 1.66. The van der Waals surface area contributed by atoms with Gasteiger partial charge in [-0.3, -0.25) is 10.1 Å². The van der Waals surface area contributed by atoms with Gasteiger partial charge in [0.1, 0.15) is 5.75 Å². The molecule has 2 heterocycles. The van der Waals surface area contributed by atoms with Gasteiger partial charge in [-0.25, -0.2) is 0 Å². The van der Waals surface area contributed by atoms with E-state index in [0.717, 1.165) is 42.9 Å². The lowest BCUT2D eigenvalue weighted by Crippen LogP contribution is -2.59. The Labute approximate surface area is 195 Å². The van der Waals surface area contributed by atoms with Gasteiger partial charge in [-0.15, -0.1) is 0 Å². The van der Waals surface area contributed by atoms with Crippen molar-refractivity contribution >= 4 is 28.9 Å². The molecule has 2 aliphatic rings. The first-order valence-electron chi connectivity index (χ1n) is 11.3. The predicted octanol–water partition coefficient (Wildman–Crippen LogP) is 3.84. The van der Waals surface area contributed by atoms with Gasteiger partial charge in [-0.1, -0.05) is 56.3 Å². The minimum atomic E-state index is -0.335. The van der Waals surface area contributed by atoms with Crippen LogP contribution in [0.15, 0.2) is 54.6 Å². The van der Waals surface area contributed by atoms with Gasteiger partial charge < -0.3 is 19.9 Å². The molecule has 0 bridgehead atoms. The highest BCUT2D eigenvalue weighted by atomic mass is 32.1. The summed E-state index contributed by atoms with van der Waals surface area (Å²) in [4.78, 5) is 17.6. The zero-order valence-corrected chi connectivity index (χ0v) is 19.8. The molecular formula is C25H32N4O2S. The first-order chi connectivity index (χ1) is 15.4. The van der Waals surface area contributed by atoms with Crippen LogP contribution in [-0.2, 0) is 11.3 Å². The number of ether oxygens (including phenoxy) is 1. The molecule has 0 radical (unpaired) electrons. The van der Waals surface area contributed by atoms with E-state index in [2.05, 4.69) is 46.4 Å². The van der Waals surface area contributed by atoms with Gasteiger partial charge in [-0.2, -0.15) is 0 Å². The summed E-state index contributed by atoms with van der Waals surface area (Å²) in [5.41, 5.74) is 1.68. The van der Waals surface area contributed by atoms with E-state index in [9.17, 15) is 4.79 Å². The number of amides is 1. The third-order valence-corrected chi connectivity index (χ3v) is 6.91. The van der Waals surface area contributed by atoms with E-state index in [1.165, 1.54) is 0 Å². The summed E-state index contributed by atoms with van der Waals surface area (Å²) in [5.74, 6) is 1.21. The number of rotatable bonds is 5. The van der Waals surface area contributed by atoms with E-state index in [1.807, 2.05) is 42.5 Å². The van der Waals surface area contributed by atoms with E-state index < -0.39 is 0 Å². The molecular weight excluding hydrogens is 420 g/mol. The molecule has 2 saturated heterocycles. The topological polar surface area (TPSA) is 56.8 Å². The van der Waals surface area contributed by atoms with E-state index in [0.29, 0.717) is 11.7 Å². The number of anilines is 1. The molecule has 1 atom stereocenters. The zero-order chi connectivity index (χ0) is 22.7. The fourth-order valence-electron chi connectivity index (χ4n) is 4.69. The van der Waals surface area contributed by atoms with Gasteiger partial charge in [0.05, 0.1) is 24.5 Å². The van der Waals surface area contributed by atoms with E-state index in [1.54, 1.807) is 7.11 Å². The highest BCUT2D eigenvalue weighted by Gasteiger charge is 2.52. The molecule has 32 heavy (non-hydrogen) atoms. The van der Waals surface area contributed by atoms with Crippen LogP contribution in [0.4, 0.5) is 5.69 Å². The van der Waals surface area contributed by atoms with Crippen molar-refractivity contribution in [2.75, 3.05) is 25.5 Å². The number of carbonyl (C=O) groups excluding carboxylic acids is 1. The fourth-order valence-corrected chi connectivity index (χ4v) is 4.98. The quantitative estimate of drug-likeness (QED) is 0.673. The van der Waals surface area contributed by atoms with Crippen molar-refractivity contribution < 1.29 is 9.53 Å². The number of methoxy groups -OCH3 is 1. The second-order valence-corrected chi connectivity index (χ2v) is 9.31. The lowest BCUT2D eigenvalue weighted by molar-refractivity contribution is -0.134. The Kier molecular flexibility index (Phi) is 6.67. The zero-order valence-electron chi connectivity index (χ0n) is 19.0. The summed E-state index contributed by atoms with van der Waals surface area (Å²) < 4.78 is 5.43. The maximum absolute atomic E-state index is 13.3. The Balaban J connectivity index is 1.47. The lowest BCUT2D eigenvalue weighted by atomic mass is 9.95. The van der Waals surface area contributed by atoms with Crippen LogP contribution in [0, 0.1) is 5.92 Å². The first-order valence-corrected chi connectivity index (χ1v) is 11.7. The van der Waals surface area contributed by atoms with Crippen molar-refractivity contribution in [1.82, 2.24) is 15.1 Å². The highest BCUT2D eigenvalue weighted by molar-refractivity contribution is 7.80. The predicted molar refractivity (Wildman–Crippen MR) is 132 cm³/mol. The number of hydrogen-bond acceptors (Lipinski definition) is 4. The van der Waals surface area contributed by atoms with Crippen LogP contribution in [0.3, 0.4) is 0 Å². The van der Waals surface area contributed by atoms with Crippen LogP contribution in [0.5, 0.6) is 5.75 Å². The van der Waals surface area contributed by atoms with Gasteiger partial charge in [-0.05, 0) is 35.8 Å². The molecule has 4 rings (SSSR count). The summed E-state index contributed by atoms with van der Waals surface area (Å²) in [6, 6.07) is 17.9. The van der Waals surface area contributed by atoms with Gasteiger partial charge in [0, 0.05) is 32.5 Å². The number of hydrogen-bond donors (Lipinski definition) is 2. The molecule has 2 aliphatic heterocycles. The van der Waals surface area contributed by atoms with Gasteiger partial charge in [0.25, 0.3) is 0 Å². The standard InChI is InChI=1S/C25H32N4O2S/c1-18(2)22-23(30)29(17-19-9-5-4-6-10-19)25(27-22)13-15-28(16-14-25)24(32)26-20-11-7-8-12-21(20)31-3/h4-12,18,22,27H,13-17H2,1-3H3,(H,26,32). The van der Waals surface area contributed by atoms with E-state index >= 15 is 0 Å². The number of benzene rings is 2. The Morgan fingerprint density at radius 3 is 2.47 bits per heavy atom. The normalized spacial score (nSPS) is 20.1. The maximum Gasteiger partial charge on any atom is 0.241 e. The molecule has 0 aliphatic carbocycles. The van der Waals surface area contributed by atoms with Crippen LogP contribution in [0.25, 0.3) is 0 Å². The minimum absolute atomic E-state index is 0.149. The van der Waals surface area contributed by atoms with Crippen molar-refractivity contribution in [3.05, 3.63) is 60.2 Å². The Morgan fingerprint density at radius 1 is 1.16 bits per heavy atom. The van der Waals surface area contributed by atoms with Gasteiger partial charge in [0.15, 0.2) is 5.11 Å². The average Bonchev–Trinajstić information content (AvgIpc) is 3.07. The van der Waals surface area contributed by atoms with Gasteiger partial charge >= 0.3 is 0 Å². The molecule has 1 amide bonds. The number of likely N-dealkylation sites (tertiary alicyclic amines) is 1. The van der Waals surface area contributed by atoms with Crippen LogP contribution >= 0.6 is 12.2 Å². The molecule has 1 spiro atoms. The number of thiocarbonyl (C=S) groups is 1. The van der Waals surface area contributed by atoms with Crippen LogP contribution in [0.1, 0.15) is 32.3 Å². The maximum atomic E-state index is 13.3. The van der Waals surface area contributed by atoms with Gasteiger partial charge in [0.2, 0.25) is 5.91 Å². The fraction of sp³-hybridized carbons (Fsp3) is 0.440. The largest absolute Gasteiger partial charge is 0.495 e. The average molecular weight is 453 g/mol. The van der Waals surface area contributed by atoms with Crippen molar-refractivity contribution in [2.45, 2.75) is 44.9 Å². The number of piperidine rings is 1. The van der Waals surface area contributed by atoms with Crippen molar-refractivity contribution in [3.63, 3.8) is 0 Å². The molecule has 2 fully saturated rings. The number of para-hydroxylation sites is 2. The molecule has 170 valence electrons. The van der Waals surface area contributed by atoms with E-state index in [4.69, 9.17) is 17.0 Å². The third kappa shape index (κ3) is 4.45. The van der Waals surface area contributed by atoms with E-state index in [-0.39, 0.29) is 23.5 Å². The molecule has 2 aromatic rings. The number of carbonyl (C=O) groups is 1. The number of nitrogens with one attached hydrogen (secondary N) is 2. The van der Waals surface area contributed by atoms with Crippen molar-refractivity contribution in [2.24, 2.45) is 5.92 Å². The van der Waals surface area contributed by atoms with Crippen molar-refractivity contribution in [1.29, 1.82) is 0 Å². The highest BCUT2D eigenvalue weighted by Crippen LogP contribution is 2.36. The third-order valence-electron chi connectivity index (χ3n) is 6.55. The molecule has 0 saturated carbocycles. The molecule has 0 aromatic heterocycles. The Hall–Kier alpha value is -2.64. The SMILES string of the molecule is COc1ccccc1NC(=S)N1CCC2(CC1)NC(C(C)C)C(=O)N2Cc1ccccc1. The lowest BCUT2D eigenvalue weighted by Gasteiger charge is -2.45. The molecule has 7 heteroatoms. The summed E-state index contributed by atoms with van der Waals surface area (Å²) in [6.45, 7) is 6.39. The van der Waals surface area contributed by atoms with Crippen molar-refractivity contribution in [3.8, 4) is 5.75 Å². The summed E-state index contributed by atoms with van der Waals surface area (Å²) in [5, 5.41) is 7.73. The molecule has 6 nitrogen and oxygen atoms in total. The molecule has 2 aromatic carbocycles. The molecule has 2 N–H and O–H groups in total.